The van der Waals surface area contributed by atoms with E-state index >= 15 is 0 Å². The van der Waals surface area contributed by atoms with Gasteiger partial charge in [0.2, 0.25) is 11.9 Å². The number of aromatic nitrogens is 8. The molecule has 8 rings (SSSR count). The number of rotatable bonds is 2. The Hall–Kier alpha value is -5.53. The predicted molar refractivity (Wildman–Crippen MR) is 167 cm³/mol. The van der Waals surface area contributed by atoms with Gasteiger partial charge in [-0.25, -0.2) is 33.4 Å². The van der Waals surface area contributed by atoms with Gasteiger partial charge in [0.1, 0.15) is 29.7 Å². The maximum Gasteiger partial charge on any atom is 0.245 e. The third kappa shape index (κ3) is 4.59. The molecule has 232 valence electrons. The number of fused-ring (bicyclic) bond motifs is 6. The van der Waals surface area contributed by atoms with Crippen molar-refractivity contribution in [2.45, 2.75) is 31.3 Å². The van der Waals surface area contributed by atoms with Gasteiger partial charge in [-0.05, 0) is 43.5 Å². The molecule has 1 amide bonds. The Morgan fingerprint density at radius 2 is 1.93 bits per heavy atom. The molecule has 2 aliphatic heterocycles. The Kier molecular flexibility index (Phi) is 6.58. The fourth-order valence-electron chi connectivity index (χ4n) is 6.72. The number of anilines is 2. The number of nitrogens with one attached hydrogen (secondary N) is 1. The Balaban J connectivity index is 1.20. The number of benzene rings is 2. The van der Waals surface area contributed by atoms with Crippen LogP contribution in [-0.2, 0) is 18.3 Å². The molecule has 0 unspecified atom stereocenters. The molecule has 4 bridgehead atoms. The van der Waals surface area contributed by atoms with E-state index in [1.54, 1.807) is 17.3 Å². The Morgan fingerprint density at radius 1 is 1.04 bits per heavy atom. The molecule has 2 aromatic carbocycles. The van der Waals surface area contributed by atoms with Crippen LogP contribution in [0.2, 0.25) is 0 Å². The molecule has 0 saturated carbocycles. The van der Waals surface area contributed by atoms with Crippen molar-refractivity contribution < 1.29 is 13.6 Å². The molecule has 1 fully saturated rings. The van der Waals surface area contributed by atoms with Gasteiger partial charge in [0.25, 0.3) is 0 Å². The lowest BCUT2D eigenvalue weighted by molar-refractivity contribution is -0.131. The van der Waals surface area contributed by atoms with Crippen LogP contribution in [0, 0.1) is 11.6 Å². The standard InChI is InChI=1S/C32H29F2N11O/c1-42-12-4-7-26-28-20(5-3-6-24(28)41-43(26)2)23-10-11-35-32(40-23)39-19-14-27(31(42)46)44(16-19)29-21-15-38-45(30(21)37-17-36-29)25-9-8-18(33)13-22(25)34/h3,5-6,8-11,13,15,17,19,27H,4,7,12,14,16H2,1-2H3,(H,35,39,40)/t19-,27-/m0/s1. The third-order valence-electron chi connectivity index (χ3n) is 8.87. The summed E-state index contributed by atoms with van der Waals surface area (Å²) in [6.07, 6.45) is 6.58. The van der Waals surface area contributed by atoms with Crippen LogP contribution in [0.4, 0.5) is 20.5 Å². The molecule has 2 aliphatic rings. The van der Waals surface area contributed by atoms with Gasteiger partial charge in [-0.3, -0.25) is 9.48 Å². The highest BCUT2D eigenvalue weighted by atomic mass is 19.1. The molecule has 6 aromatic rings. The second-order valence-corrected chi connectivity index (χ2v) is 11.7. The van der Waals surface area contributed by atoms with Crippen LogP contribution < -0.4 is 10.2 Å². The van der Waals surface area contributed by atoms with Gasteiger partial charge in [0.15, 0.2) is 11.5 Å². The van der Waals surface area contributed by atoms with Crippen LogP contribution in [-0.4, -0.2) is 82.5 Å². The maximum atomic E-state index is 14.7. The van der Waals surface area contributed by atoms with Crippen molar-refractivity contribution in [3.8, 4) is 16.9 Å². The number of carbonyl (C=O) groups excluding carboxylic acids is 1. The minimum Gasteiger partial charge on any atom is -0.350 e. The van der Waals surface area contributed by atoms with Crippen molar-refractivity contribution in [3.05, 3.63) is 78.5 Å². The van der Waals surface area contributed by atoms with Crippen molar-refractivity contribution in [1.29, 1.82) is 0 Å². The average molecular weight is 622 g/mol. The first-order valence-electron chi connectivity index (χ1n) is 15.1. The quantitative estimate of drug-likeness (QED) is 0.307. The first kappa shape index (κ1) is 28.0. The summed E-state index contributed by atoms with van der Waals surface area (Å²) in [6.45, 7) is 0.965. The lowest BCUT2D eigenvalue weighted by atomic mass is 10.0. The number of likely N-dealkylation sites (N-methyl/N-ethyl adjacent to an activating group) is 1. The molecular formula is C32H29F2N11O. The molecule has 0 spiro atoms. The van der Waals surface area contributed by atoms with E-state index in [4.69, 9.17) is 10.1 Å². The van der Waals surface area contributed by atoms with Crippen LogP contribution in [0.3, 0.4) is 0 Å². The lowest BCUT2D eigenvalue weighted by Crippen LogP contribution is -2.45. The van der Waals surface area contributed by atoms with Crippen LogP contribution in [0.15, 0.2) is 61.2 Å². The van der Waals surface area contributed by atoms with E-state index in [9.17, 15) is 13.6 Å². The van der Waals surface area contributed by atoms with Crippen LogP contribution in [0.5, 0.6) is 0 Å². The maximum absolute atomic E-state index is 14.7. The van der Waals surface area contributed by atoms with Crippen LogP contribution >= 0.6 is 0 Å². The molecule has 6 heterocycles. The summed E-state index contributed by atoms with van der Waals surface area (Å²) in [6, 6.07) is 10.5. The van der Waals surface area contributed by atoms with Gasteiger partial charge in [-0.2, -0.15) is 10.2 Å². The minimum absolute atomic E-state index is 0.0480. The van der Waals surface area contributed by atoms with E-state index in [1.807, 2.05) is 41.9 Å². The van der Waals surface area contributed by atoms with E-state index in [-0.39, 0.29) is 17.6 Å². The predicted octanol–water partition coefficient (Wildman–Crippen LogP) is 3.90. The molecule has 4 aromatic heterocycles. The van der Waals surface area contributed by atoms with Crippen molar-refractivity contribution in [1.82, 2.24) is 44.4 Å². The summed E-state index contributed by atoms with van der Waals surface area (Å²) >= 11 is 0. The number of amides is 1. The molecule has 14 heteroatoms. The summed E-state index contributed by atoms with van der Waals surface area (Å²) in [5.74, 6) is -0.554. The second kappa shape index (κ2) is 10.8. The SMILES string of the molecule is CN1CCCc2c3c(cccc3nn2C)-c2ccnc(n2)N[C@H]2C[C@@H](C1=O)N(c1ncnc3c1cnn3-c1ccc(F)cc1F)C2. The summed E-state index contributed by atoms with van der Waals surface area (Å²) in [4.78, 5) is 36.2. The summed E-state index contributed by atoms with van der Waals surface area (Å²) in [5.41, 5.74) is 4.13. The number of hydrogen-bond acceptors (Lipinski definition) is 9. The second-order valence-electron chi connectivity index (χ2n) is 11.7. The van der Waals surface area contributed by atoms with Gasteiger partial charge in [0, 0.05) is 62.1 Å². The van der Waals surface area contributed by atoms with Crippen molar-refractivity contribution in [2.75, 3.05) is 30.4 Å². The summed E-state index contributed by atoms with van der Waals surface area (Å²) in [7, 11) is 3.77. The van der Waals surface area contributed by atoms with Crippen molar-refractivity contribution >= 4 is 39.6 Å². The molecule has 0 aliphatic carbocycles. The van der Waals surface area contributed by atoms with Crippen molar-refractivity contribution in [2.24, 2.45) is 7.05 Å². The average Bonchev–Trinajstić information content (AvgIpc) is 3.75. The monoisotopic (exact) mass is 621 g/mol. The minimum atomic E-state index is -0.768. The van der Waals surface area contributed by atoms with Crippen LogP contribution in [0.25, 0.3) is 38.9 Å². The van der Waals surface area contributed by atoms with Gasteiger partial charge < -0.3 is 15.1 Å². The highest BCUT2D eigenvalue weighted by Crippen LogP contribution is 2.34. The zero-order chi connectivity index (χ0) is 31.5. The fourth-order valence-corrected chi connectivity index (χ4v) is 6.72. The molecule has 1 saturated heterocycles. The Bertz CT molecular complexity index is 2140. The van der Waals surface area contributed by atoms with Gasteiger partial charge in [-0.1, -0.05) is 12.1 Å². The van der Waals surface area contributed by atoms with Gasteiger partial charge in [0.05, 0.1) is 22.8 Å². The first-order valence-corrected chi connectivity index (χ1v) is 15.1. The number of aryl methyl sites for hydroxylation is 2. The molecule has 12 nitrogen and oxygen atoms in total. The van der Waals surface area contributed by atoms with Crippen LogP contribution in [0.1, 0.15) is 18.5 Å². The van der Waals surface area contributed by atoms with E-state index in [2.05, 4.69) is 31.4 Å². The fraction of sp³-hybridized carbons (Fsp3) is 0.281. The smallest absolute Gasteiger partial charge is 0.245 e. The highest BCUT2D eigenvalue weighted by molar-refractivity contribution is 5.96. The highest BCUT2D eigenvalue weighted by Gasteiger charge is 2.40. The number of carbonyl (C=O) groups is 1. The molecular weight excluding hydrogens is 592 g/mol. The van der Waals surface area contributed by atoms with E-state index in [0.717, 1.165) is 46.8 Å². The van der Waals surface area contributed by atoms with Gasteiger partial charge >= 0.3 is 0 Å². The zero-order valence-electron chi connectivity index (χ0n) is 25.1. The van der Waals surface area contributed by atoms with E-state index in [0.29, 0.717) is 42.3 Å². The zero-order valence-corrected chi connectivity index (χ0v) is 25.1. The Morgan fingerprint density at radius 3 is 2.80 bits per heavy atom. The largest absolute Gasteiger partial charge is 0.350 e. The molecule has 46 heavy (non-hydrogen) atoms. The number of nitrogens with zero attached hydrogens (tertiary/aromatic N) is 10. The molecule has 0 radical (unpaired) electrons. The Labute approximate surface area is 261 Å². The molecule has 2 atom stereocenters. The van der Waals surface area contributed by atoms with E-state index in [1.165, 1.54) is 23.1 Å². The van der Waals surface area contributed by atoms with Gasteiger partial charge in [-0.15, -0.1) is 0 Å². The summed E-state index contributed by atoms with van der Waals surface area (Å²) < 4.78 is 31.6. The topological polar surface area (TPSA) is 123 Å². The van der Waals surface area contributed by atoms with Crippen molar-refractivity contribution in [3.63, 3.8) is 0 Å². The summed E-state index contributed by atoms with van der Waals surface area (Å²) in [5, 5.41) is 14.2. The number of hydrogen-bond donors (Lipinski definition) is 1. The third-order valence-corrected chi connectivity index (χ3v) is 8.87. The number of halogens is 2. The lowest BCUT2D eigenvalue weighted by Gasteiger charge is -2.29. The van der Waals surface area contributed by atoms with E-state index < -0.39 is 17.7 Å². The first-order chi connectivity index (χ1) is 22.4. The molecule has 1 N–H and O–H groups in total. The normalized spacial score (nSPS) is 18.6.